The van der Waals surface area contributed by atoms with Crippen LogP contribution in [0.15, 0.2) is 6.07 Å². The van der Waals surface area contributed by atoms with Gasteiger partial charge in [-0.2, -0.15) is 5.10 Å². The van der Waals surface area contributed by atoms with Crippen molar-refractivity contribution in [1.82, 2.24) is 15.5 Å². The average molecular weight is 225 g/mol. The summed E-state index contributed by atoms with van der Waals surface area (Å²) >= 11 is 0. The summed E-state index contributed by atoms with van der Waals surface area (Å²) in [6.45, 7) is 6.21. The zero-order valence-corrected chi connectivity index (χ0v) is 9.95. The third-order valence-corrected chi connectivity index (χ3v) is 2.30. The predicted molar refractivity (Wildman–Crippen MR) is 61.3 cm³/mol. The Morgan fingerprint density at radius 1 is 1.56 bits per heavy atom. The molecule has 0 aliphatic rings. The molecule has 16 heavy (non-hydrogen) atoms. The van der Waals surface area contributed by atoms with E-state index >= 15 is 0 Å². The van der Waals surface area contributed by atoms with Gasteiger partial charge < -0.3 is 10.4 Å². The van der Waals surface area contributed by atoms with E-state index in [0.29, 0.717) is 24.6 Å². The number of H-pyrrole nitrogens is 1. The molecule has 0 aromatic carbocycles. The lowest BCUT2D eigenvalue weighted by atomic mass is 10.1. The standard InChI is InChI=1S/C11H19N3O2/c1-7(2)9-6-10(14-13-9)11(16)12-5-4-8(3)15/h6-8,15H,4-5H2,1-3H3,(H,12,16)(H,13,14). The van der Waals surface area contributed by atoms with E-state index in [1.165, 1.54) is 0 Å². The highest BCUT2D eigenvalue weighted by Gasteiger charge is 2.11. The van der Waals surface area contributed by atoms with Crippen LogP contribution in [0.25, 0.3) is 0 Å². The summed E-state index contributed by atoms with van der Waals surface area (Å²) < 4.78 is 0. The third kappa shape index (κ3) is 3.66. The molecular weight excluding hydrogens is 206 g/mol. The van der Waals surface area contributed by atoms with Gasteiger partial charge in [-0.15, -0.1) is 0 Å². The summed E-state index contributed by atoms with van der Waals surface area (Å²) in [5, 5.41) is 18.5. The van der Waals surface area contributed by atoms with Gasteiger partial charge >= 0.3 is 0 Å². The van der Waals surface area contributed by atoms with Crippen LogP contribution < -0.4 is 5.32 Å². The van der Waals surface area contributed by atoms with E-state index in [9.17, 15) is 4.79 Å². The minimum atomic E-state index is -0.397. The SMILES string of the molecule is CC(O)CCNC(=O)c1cc(C(C)C)[nH]n1. The monoisotopic (exact) mass is 225 g/mol. The molecule has 1 unspecified atom stereocenters. The summed E-state index contributed by atoms with van der Waals surface area (Å²) in [6.07, 6.45) is 0.151. The van der Waals surface area contributed by atoms with Crippen LogP contribution in [-0.2, 0) is 0 Å². The van der Waals surface area contributed by atoms with Crippen molar-refractivity contribution in [3.05, 3.63) is 17.5 Å². The minimum absolute atomic E-state index is 0.205. The number of aliphatic hydroxyl groups is 1. The molecule has 0 saturated heterocycles. The summed E-state index contributed by atoms with van der Waals surface area (Å²) in [6, 6.07) is 1.75. The summed E-state index contributed by atoms with van der Waals surface area (Å²) in [5.41, 5.74) is 1.34. The van der Waals surface area contributed by atoms with Crippen molar-refractivity contribution in [2.45, 2.75) is 39.2 Å². The maximum atomic E-state index is 11.6. The number of nitrogens with zero attached hydrogens (tertiary/aromatic N) is 1. The molecule has 5 heteroatoms. The van der Waals surface area contributed by atoms with Gasteiger partial charge in [0.1, 0.15) is 5.69 Å². The van der Waals surface area contributed by atoms with Crippen molar-refractivity contribution in [3.8, 4) is 0 Å². The second kappa shape index (κ2) is 5.65. The highest BCUT2D eigenvalue weighted by atomic mass is 16.3. The Balaban J connectivity index is 2.46. The molecule has 0 bridgehead atoms. The number of nitrogens with one attached hydrogen (secondary N) is 2. The van der Waals surface area contributed by atoms with Crippen LogP contribution in [0, 0.1) is 0 Å². The number of aromatic amines is 1. The van der Waals surface area contributed by atoms with Crippen molar-refractivity contribution in [3.63, 3.8) is 0 Å². The first-order chi connectivity index (χ1) is 7.50. The second-order valence-electron chi connectivity index (χ2n) is 4.26. The van der Waals surface area contributed by atoms with Crippen molar-refractivity contribution in [2.75, 3.05) is 6.54 Å². The lowest BCUT2D eigenvalue weighted by molar-refractivity contribution is 0.0940. The van der Waals surface area contributed by atoms with Crippen LogP contribution in [0.1, 0.15) is 49.3 Å². The molecule has 0 fully saturated rings. The quantitative estimate of drug-likeness (QED) is 0.700. The zero-order valence-electron chi connectivity index (χ0n) is 9.95. The minimum Gasteiger partial charge on any atom is -0.393 e. The van der Waals surface area contributed by atoms with E-state index in [4.69, 9.17) is 5.11 Å². The molecule has 1 aromatic heterocycles. The van der Waals surface area contributed by atoms with Gasteiger partial charge in [0.2, 0.25) is 0 Å². The zero-order chi connectivity index (χ0) is 12.1. The third-order valence-electron chi connectivity index (χ3n) is 2.30. The molecule has 1 heterocycles. The molecule has 0 spiro atoms. The van der Waals surface area contributed by atoms with Crippen molar-refractivity contribution < 1.29 is 9.90 Å². The van der Waals surface area contributed by atoms with Crippen LogP contribution in [0.5, 0.6) is 0 Å². The van der Waals surface area contributed by atoms with Gasteiger partial charge in [-0.3, -0.25) is 9.89 Å². The van der Waals surface area contributed by atoms with Crippen molar-refractivity contribution >= 4 is 5.91 Å². The summed E-state index contributed by atoms with van der Waals surface area (Å²) in [7, 11) is 0. The number of aliphatic hydroxyl groups excluding tert-OH is 1. The number of hydrogen-bond acceptors (Lipinski definition) is 3. The number of aromatic nitrogens is 2. The molecule has 90 valence electrons. The number of rotatable bonds is 5. The molecule has 0 aliphatic carbocycles. The van der Waals surface area contributed by atoms with E-state index < -0.39 is 6.10 Å². The molecule has 1 aromatic rings. The molecular formula is C11H19N3O2. The Hall–Kier alpha value is -1.36. The van der Waals surface area contributed by atoms with Crippen molar-refractivity contribution in [2.24, 2.45) is 0 Å². The smallest absolute Gasteiger partial charge is 0.271 e. The molecule has 1 atom stereocenters. The van der Waals surface area contributed by atoms with E-state index in [1.807, 2.05) is 13.8 Å². The van der Waals surface area contributed by atoms with Crippen molar-refractivity contribution in [1.29, 1.82) is 0 Å². The first kappa shape index (κ1) is 12.7. The first-order valence-electron chi connectivity index (χ1n) is 5.52. The van der Waals surface area contributed by atoms with E-state index in [0.717, 1.165) is 5.69 Å². The van der Waals surface area contributed by atoms with Gasteiger partial charge in [0, 0.05) is 12.2 Å². The predicted octanol–water partition coefficient (Wildman–Crippen LogP) is 1.03. The van der Waals surface area contributed by atoms with Gasteiger partial charge in [0.25, 0.3) is 5.91 Å². The van der Waals surface area contributed by atoms with Gasteiger partial charge in [-0.05, 0) is 25.3 Å². The fraction of sp³-hybridized carbons (Fsp3) is 0.636. The number of carbonyl (C=O) groups is 1. The van der Waals surface area contributed by atoms with Gasteiger partial charge in [0.15, 0.2) is 0 Å². The molecule has 0 radical (unpaired) electrons. The largest absolute Gasteiger partial charge is 0.393 e. The van der Waals surface area contributed by atoms with Gasteiger partial charge in [-0.25, -0.2) is 0 Å². The maximum Gasteiger partial charge on any atom is 0.271 e. The van der Waals surface area contributed by atoms with Crippen LogP contribution in [-0.4, -0.2) is 33.9 Å². The Morgan fingerprint density at radius 3 is 2.75 bits per heavy atom. The summed E-state index contributed by atoms with van der Waals surface area (Å²) in [4.78, 5) is 11.6. The lowest BCUT2D eigenvalue weighted by Gasteiger charge is -2.04. The lowest BCUT2D eigenvalue weighted by Crippen LogP contribution is -2.26. The van der Waals surface area contributed by atoms with Crippen LogP contribution >= 0.6 is 0 Å². The maximum absolute atomic E-state index is 11.6. The van der Waals surface area contributed by atoms with E-state index in [1.54, 1.807) is 13.0 Å². The molecule has 3 N–H and O–H groups in total. The number of carbonyl (C=O) groups excluding carboxylic acids is 1. The van der Waals surface area contributed by atoms with Crippen LogP contribution in [0.4, 0.5) is 0 Å². The highest BCUT2D eigenvalue weighted by molar-refractivity contribution is 5.92. The molecule has 1 rings (SSSR count). The number of amides is 1. The molecule has 1 amide bonds. The fourth-order valence-electron chi connectivity index (χ4n) is 1.23. The van der Waals surface area contributed by atoms with Crippen LogP contribution in [0.2, 0.25) is 0 Å². The Morgan fingerprint density at radius 2 is 2.25 bits per heavy atom. The normalized spacial score (nSPS) is 12.8. The Labute approximate surface area is 95.3 Å². The van der Waals surface area contributed by atoms with Gasteiger partial charge in [0.05, 0.1) is 6.10 Å². The van der Waals surface area contributed by atoms with Crippen LogP contribution in [0.3, 0.4) is 0 Å². The molecule has 5 nitrogen and oxygen atoms in total. The number of hydrogen-bond donors (Lipinski definition) is 3. The highest BCUT2D eigenvalue weighted by Crippen LogP contribution is 2.11. The Bertz CT molecular complexity index is 345. The van der Waals surface area contributed by atoms with Gasteiger partial charge in [-0.1, -0.05) is 13.8 Å². The second-order valence-corrected chi connectivity index (χ2v) is 4.26. The first-order valence-corrected chi connectivity index (χ1v) is 5.52. The van der Waals surface area contributed by atoms with E-state index in [-0.39, 0.29) is 5.91 Å². The fourth-order valence-corrected chi connectivity index (χ4v) is 1.23. The average Bonchev–Trinajstić information content (AvgIpc) is 2.65. The summed E-state index contributed by atoms with van der Waals surface area (Å²) in [5.74, 6) is 0.121. The van der Waals surface area contributed by atoms with E-state index in [2.05, 4.69) is 15.5 Å². The topological polar surface area (TPSA) is 78.0 Å². The Kier molecular flexibility index (Phi) is 4.49. The molecule has 0 saturated carbocycles. The molecule has 0 aliphatic heterocycles.